The SMILES string of the molecule is Cc1cc2[nH]ncc2cc1Cn1c(C(=O)O)c(-c2ccc[nH]c2=O)c2c3c(c(F)cc21)CCO3. The van der Waals surface area contributed by atoms with Gasteiger partial charge in [0.05, 0.1) is 34.8 Å². The predicted molar refractivity (Wildman–Crippen MR) is 124 cm³/mol. The number of halogens is 1. The number of pyridine rings is 1. The maximum Gasteiger partial charge on any atom is 0.353 e. The average molecular weight is 458 g/mol. The van der Waals surface area contributed by atoms with Crippen molar-refractivity contribution in [3.8, 4) is 16.9 Å². The third-order valence-corrected chi connectivity index (χ3v) is 6.47. The van der Waals surface area contributed by atoms with Crippen LogP contribution in [0.15, 0.2) is 47.5 Å². The van der Waals surface area contributed by atoms with Gasteiger partial charge in [-0.25, -0.2) is 9.18 Å². The third kappa shape index (κ3) is 2.86. The Morgan fingerprint density at radius 1 is 1.32 bits per heavy atom. The topological polar surface area (TPSA) is 113 Å². The van der Waals surface area contributed by atoms with Crippen molar-refractivity contribution >= 4 is 27.8 Å². The molecule has 3 aromatic heterocycles. The van der Waals surface area contributed by atoms with E-state index in [1.807, 2.05) is 19.1 Å². The number of ether oxygens (including phenoxy) is 1. The summed E-state index contributed by atoms with van der Waals surface area (Å²) in [6.07, 6.45) is 3.56. The molecule has 0 fully saturated rings. The minimum absolute atomic E-state index is 0.0957. The van der Waals surface area contributed by atoms with Gasteiger partial charge in [-0.15, -0.1) is 0 Å². The summed E-state index contributed by atoms with van der Waals surface area (Å²) in [5.74, 6) is -1.37. The number of fused-ring (bicyclic) bond motifs is 4. The van der Waals surface area contributed by atoms with Crippen LogP contribution in [0.4, 0.5) is 4.39 Å². The summed E-state index contributed by atoms with van der Waals surface area (Å²) >= 11 is 0. The van der Waals surface area contributed by atoms with Crippen LogP contribution in [0, 0.1) is 12.7 Å². The number of nitrogens with one attached hydrogen (secondary N) is 2. The van der Waals surface area contributed by atoms with Gasteiger partial charge in [-0.05, 0) is 48.4 Å². The zero-order valence-electron chi connectivity index (χ0n) is 18.1. The molecule has 0 radical (unpaired) electrons. The highest BCUT2D eigenvalue weighted by Gasteiger charge is 2.32. The lowest BCUT2D eigenvalue weighted by Crippen LogP contribution is -2.14. The number of nitrogens with zero attached hydrogens (tertiary/aromatic N) is 2. The van der Waals surface area contributed by atoms with Crippen molar-refractivity contribution in [2.75, 3.05) is 6.61 Å². The second-order valence-corrected chi connectivity index (χ2v) is 8.42. The van der Waals surface area contributed by atoms with Crippen molar-refractivity contribution in [1.82, 2.24) is 19.7 Å². The minimum Gasteiger partial charge on any atom is -0.492 e. The van der Waals surface area contributed by atoms with Crippen molar-refractivity contribution < 1.29 is 19.0 Å². The maximum absolute atomic E-state index is 15.1. The Hall–Kier alpha value is -4.40. The molecule has 5 aromatic rings. The zero-order valence-corrected chi connectivity index (χ0v) is 18.1. The van der Waals surface area contributed by atoms with Gasteiger partial charge in [0.15, 0.2) is 0 Å². The molecule has 4 heterocycles. The van der Waals surface area contributed by atoms with E-state index in [0.29, 0.717) is 35.2 Å². The van der Waals surface area contributed by atoms with E-state index in [2.05, 4.69) is 15.2 Å². The Morgan fingerprint density at radius 3 is 2.97 bits per heavy atom. The van der Waals surface area contributed by atoms with E-state index in [1.54, 1.807) is 22.9 Å². The summed E-state index contributed by atoms with van der Waals surface area (Å²) in [5, 5.41) is 18.6. The molecule has 0 unspecified atom stereocenters. The first-order valence-electron chi connectivity index (χ1n) is 10.8. The van der Waals surface area contributed by atoms with E-state index in [-0.39, 0.29) is 23.4 Å². The van der Waals surface area contributed by atoms with Crippen LogP contribution in [0.1, 0.15) is 27.2 Å². The van der Waals surface area contributed by atoms with Crippen LogP contribution in [-0.2, 0) is 13.0 Å². The van der Waals surface area contributed by atoms with Crippen molar-refractivity contribution in [1.29, 1.82) is 0 Å². The Balaban J connectivity index is 1.72. The summed E-state index contributed by atoms with van der Waals surface area (Å²) in [5.41, 5.74) is 3.28. The maximum atomic E-state index is 15.1. The van der Waals surface area contributed by atoms with Crippen LogP contribution in [-0.4, -0.2) is 37.4 Å². The molecule has 6 rings (SSSR count). The number of aromatic carboxylic acids is 1. The largest absolute Gasteiger partial charge is 0.492 e. The number of aromatic nitrogens is 4. The molecule has 0 saturated heterocycles. The number of rotatable bonds is 4. The van der Waals surface area contributed by atoms with Crippen LogP contribution in [0.25, 0.3) is 32.9 Å². The minimum atomic E-state index is -1.22. The summed E-state index contributed by atoms with van der Waals surface area (Å²) in [4.78, 5) is 28.0. The van der Waals surface area contributed by atoms with E-state index in [1.165, 1.54) is 12.3 Å². The third-order valence-electron chi connectivity index (χ3n) is 6.47. The first-order chi connectivity index (χ1) is 16.4. The Morgan fingerprint density at radius 2 is 2.18 bits per heavy atom. The number of carboxylic acids is 1. The van der Waals surface area contributed by atoms with Gasteiger partial charge >= 0.3 is 5.97 Å². The lowest BCUT2D eigenvalue weighted by molar-refractivity contribution is 0.0687. The molecule has 1 aliphatic heterocycles. The van der Waals surface area contributed by atoms with Gasteiger partial charge < -0.3 is 19.4 Å². The number of carbonyl (C=O) groups is 1. The normalized spacial score (nSPS) is 12.9. The van der Waals surface area contributed by atoms with Crippen molar-refractivity contribution in [2.45, 2.75) is 19.9 Å². The molecule has 170 valence electrons. The van der Waals surface area contributed by atoms with Crippen molar-refractivity contribution in [2.24, 2.45) is 0 Å². The highest BCUT2D eigenvalue weighted by atomic mass is 19.1. The quantitative estimate of drug-likeness (QED) is 0.377. The lowest BCUT2D eigenvalue weighted by atomic mass is 10.00. The van der Waals surface area contributed by atoms with E-state index >= 15 is 4.39 Å². The first kappa shape index (κ1) is 20.2. The number of benzene rings is 2. The van der Waals surface area contributed by atoms with Gasteiger partial charge in [-0.3, -0.25) is 9.89 Å². The van der Waals surface area contributed by atoms with Crippen molar-refractivity contribution in [3.05, 3.63) is 81.3 Å². The van der Waals surface area contributed by atoms with Gasteiger partial charge in [0.1, 0.15) is 17.3 Å². The molecule has 9 heteroatoms. The highest BCUT2D eigenvalue weighted by molar-refractivity contribution is 6.11. The fourth-order valence-electron chi connectivity index (χ4n) is 4.89. The average Bonchev–Trinajstić information content (AvgIpc) is 3.52. The fraction of sp³-hybridized carbons (Fsp3) is 0.160. The molecule has 1 aliphatic rings. The van der Waals surface area contributed by atoms with E-state index < -0.39 is 17.3 Å². The molecule has 0 saturated carbocycles. The van der Waals surface area contributed by atoms with Gasteiger partial charge in [-0.1, -0.05) is 0 Å². The number of aromatic amines is 2. The number of hydrogen-bond acceptors (Lipinski definition) is 4. The Kier molecular flexibility index (Phi) is 4.35. The summed E-state index contributed by atoms with van der Waals surface area (Å²) in [6, 6.07) is 8.42. The Bertz CT molecular complexity index is 1700. The second-order valence-electron chi connectivity index (χ2n) is 8.42. The monoisotopic (exact) mass is 458 g/mol. The standard InChI is InChI=1S/C25H19FN4O4/c1-12-7-18-13(10-28-29-18)8-14(12)11-30-19-9-17(26)15-4-6-34-23(15)21(19)20(22(30)25(32)33)16-3-2-5-27-24(16)31/h2-3,5,7-10H,4,6,11H2,1H3,(H,27,31)(H,28,29)(H,32,33). The first-order valence-corrected chi connectivity index (χ1v) is 10.8. The molecule has 2 aromatic carbocycles. The molecule has 0 bridgehead atoms. The lowest BCUT2D eigenvalue weighted by Gasteiger charge is -2.12. The zero-order chi connectivity index (χ0) is 23.6. The van der Waals surface area contributed by atoms with E-state index in [4.69, 9.17) is 4.74 Å². The molecule has 0 atom stereocenters. The van der Waals surface area contributed by atoms with Gasteiger partial charge in [0.25, 0.3) is 5.56 Å². The van der Waals surface area contributed by atoms with Crippen LogP contribution < -0.4 is 10.3 Å². The van der Waals surface area contributed by atoms with E-state index in [0.717, 1.165) is 22.0 Å². The number of aryl methyl sites for hydroxylation is 1. The highest BCUT2D eigenvalue weighted by Crippen LogP contribution is 2.44. The van der Waals surface area contributed by atoms with Crippen LogP contribution >= 0.6 is 0 Å². The second kappa shape index (κ2) is 7.31. The number of H-pyrrole nitrogens is 2. The summed E-state index contributed by atoms with van der Waals surface area (Å²) in [6.45, 7) is 2.37. The number of carboxylic acid groups (broad SMARTS) is 1. The smallest absolute Gasteiger partial charge is 0.353 e. The van der Waals surface area contributed by atoms with Gasteiger partial charge in [-0.2, -0.15) is 5.10 Å². The molecule has 3 N–H and O–H groups in total. The van der Waals surface area contributed by atoms with Gasteiger partial charge in [0.2, 0.25) is 0 Å². The van der Waals surface area contributed by atoms with Crippen LogP contribution in [0.5, 0.6) is 5.75 Å². The molecule has 0 spiro atoms. The molecule has 0 amide bonds. The predicted octanol–water partition coefficient (Wildman–Crippen LogP) is 4.00. The molecule has 34 heavy (non-hydrogen) atoms. The summed E-state index contributed by atoms with van der Waals surface area (Å²) in [7, 11) is 0. The molecule has 0 aliphatic carbocycles. The molecule has 8 nitrogen and oxygen atoms in total. The summed E-state index contributed by atoms with van der Waals surface area (Å²) < 4.78 is 22.4. The number of hydrogen-bond donors (Lipinski definition) is 3. The van der Waals surface area contributed by atoms with Crippen LogP contribution in [0.3, 0.4) is 0 Å². The van der Waals surface area contributed by atoms with Crippen molar-refractivity contribution in [3.63, 3.8) is 0 Å². The fourth-order valence-corrected chi connectivity index (χ4v) is 4.89. The molecular weight excluding hydrogens is 439 g/mol. The molecular formula is C25H19FN4O4. The van der Waals surface area contributed by atoms with Crippen LogP contribution in [0.2, 0.25) is 0 Å². The van der Waals surface area contributed by atoms with Gasteiger partial charge in [0, 0.05) is 35.7 Å². The van der Waals surface area contributed by atoms with E-state index in [9.17, 15) is 14.7 Å². The Labute approximate surface area is 191 Å².